The second kappa shape index (κ2) is 9.03. The maximum Gasteiger partial charge on any atom is 0.260 e. The quantitative estimate of drug-likeness (QED) is 0.365. The summed E-state index contributed by atoms with van der Waals surface area (Å²) in [5, 5.41) is 3.22. The van der Waals surface area contributed by atoms with Gasteiger partial charge in [-0.1, -0.05) is 78.3 Å². The van der Waals surface area contributed by atoms with E-state index in [1.54, 1.807) is 29.2 Å². The molecule has 4 aromatic rings. The largest absolute Gasteiger partial charge is 0.284 e. The molecule has 0 bridgehead atoms. The van der Waals surface area contributed by atoms with Crippen LogP contribution in [0.5, 0.6) is 0 Å². The fraction of sp³-hybridized carbons (Fsp3) is 0.0833. The van der Waals surface area contributed by atoms with Crippen LogP contribution in [0.2, 0.25) is 5.02 Å². The highest BCUT2D eigenvalue weighted by molar-refractivity contribution is 7.14. The van der Waals surface area contributed by atoms with Crippen LogP contribution in [0.4, 0.5) is 5.13 Å². The average molecular weight is 419 g/mol. The van der Waals surface area contributed by atoms with Crippen LogP contribution < -0.4 is 4.90 Å². The van der Waals surface area contributed by atoms with Gasteiger partial charge in [0, 0.05) is 28.1 Å². The lowest BCUT2D eigenvalue weighted by Crippen LogP contribution is -2.32. The van der Waals surface area contributed by atoms with Crippen molar-refractivity contribution in [1.82, 2.24) is 4.98 Å². The van der Waals surface area contributed by atoms with Gasteiger partial charge in [0.1, 0.15) is 0 Å². The van der Waals surface area contributed by atoms with Gasteiger partial charge < -0.3 is 0 Å². The standard InChI is InChI=1S/C24H19ClN2OS/c25-21-13-7-12-20(16-21)23(28)27(15-14-18-8-3-1-4-9-18)24-26-22(17-29-24)19-10-5-2-6-11-19/h1-13,16-17H,14-15H2. The minimum Gasteiger partial charge on any atom is -0.284 e. The highest BCUT2D eigenvalue weighted by atomic mass is 35.5. The number of aromatic nitrogens is 1. The number of amides is 1. The number of hydrogen-bond acceptors (Lipinski definition) is 3. The zero-order chi connectivity index (χ0) is 20.1. The second-order valence-electron chi connectivity index (χ2n) is 6.58. The summed E-state index contributed by atoms with van der Waals surface area (Å²) in [5.41, 5.74) is 3.64. The van der Waals surface area contributed by atoms with E-state index in [2.05, 4.69) is 12.1 Å². The molecule has 0 atom stereocenters. The van der Waals surface area contributed by atoms with Crippen molar-refractivity contribution in [3.63, 3.8) is 0 Å². The predicted molar refractivity (Wildman–Crippen MR) is 121 cm³/mol. The van der Waals surface area contributed by atoms with Crippen LogP contribution in [0.3, 0.4) is 0 Å². The summed E-state index contributed by atoms with van der Waals surface area (Å²) in [6, 6.07) is 27.2. The number of rotatable bonds is 6. The van der Waals surface area contributed by atoms with Gasteiger partial charge in [0.2, 0.25) is 0 Å². The number of carbonyl (C=O) groups is 1. The molecule has 1 amide bonds. The van der Waals surface area contributed by atoms with Gasteiger partial charge in [-0.15, -0.1) is 11.3 Å². The third-order valence-corrected chi connectivity index (χ3v) is 5.67. The minimum atomic E-state index is -0.0996. The monoisotopic (exact) mass is 418 g/mol. The van der Waals surface area contributed by atoms with Crippen LogP contribution >= 0.6 is 22.9 Å². The number of thiazole rings is 1. The van der Waals surface area contributed by atoms with Gasteiger partial charge in [-0.05, 0) is 30.2 Å². The first-order valence-corrected chi connectivity index (χ1v) is 10.6. The second-order valence-corrected chi connectivity index (χ2v) is 7.86. The maximum absolute atomic E-state index is 13.3. The Morgan fingerprint density at radius 2 is 1.66 bits per heavy atom. The maximum atomic E-state index is 13.3. The van der Waals surface area contributed by atoms with Crippen LogP contribution in [0.25, 0.3) is 11.3 Å². The number of hydrogen-bond donors (Lipinski definition) is 0. The van der Waals surface area contributed by atoms with Crippen molar-refractivity contribution in [3.8, 4) is 11.3 Å². The third kappa shape index (κ3) is 4.73. The van der Waals surface area contributed by atoms with Gasteiger partial charge in [-0.2, -0.15) is 0 Å². The van der Waals surface area contributed by atoms with Crippen molar-refractivity contribution in [2.24, 2.45) is 0 Å². The smallest absolute Gasteiger partial charge is 0.260 e. The summed E-state index contributed by atoms with van der Waals surface area (Å²) in [6.45, 7) is 0.539. The van der Waals surface area contributed by atoms with E-state index >= 15 is 0 Å². The van der Waals surface area contributed by atoms with Crippen LogP contribution in [0, 0.1) is 0 Å². The Hall–Kier alpha value is -2.95. The molecule has 0 N–H and O–H groups in total. The van der Waals surface area contributed by atoms with E-state index in [0.29, 0.717) is 22.3 Å². The molecule has 4 rings (SSSR count). The van der Waals surface area contributed by atoms with Gasteiger partial charge >= 0.3 is 0 Å². The van der Waals surface area contributed by atoms with E-state index in [4.69, 9.17) is 16.6 Å². The van der Waals surface area contributed by atoms with Crippen LogP contribution in [0.15, 0.2) is 90.3 Å². The third-order valence-electron chi connectivity index (χ3n) is 4.58. The van der Waals surface area contributed by atoms with Crippen molar-refractivity contribution in [3.05, 3.63) is 106 Å². The zero-order valence-corrected chi connectivity index (χ0v) is 17.2. The number of nitrogens with zero attached hydrogens (tertiary/aromatic N) is 2. The Bertz CT molecular complexity index is 1100. The molecule has 0 saturated carbocycles. The molecule has 3 nitrogen and oxygen atoms in total. The molecule has 0 aliphatic rings. The Kier molecular flexibility index (Phi) is 6.03. The van der Waals surface area contributed by atoms with Crippen LogP contribution in [-0.2, 0) is 6.42 Å². The molecule has 29 heavy (non-hydrogen) atoms. The number of benzene rings is 3. The molecule has 0 saturated heterocycles. The fourth-order valence-corrected chi connectivity index (χ4v) is 4.13. The molecular weight excluding hydrogens is 400 g/mol. The lowest BCUT2D eigenvalue weighted by molar-refractivity contribution is 0.0987. The lowest BCUT2D eigenvalue weighted by Gasteiger charge is -2.20. The van der Waals surface area contributed by atoms with E-state index in [9.17, 15) is 4.79 Å². The summed E-state index contributed by atoms with van der Waals surface area (Å²) in [6.07, 6.45) is 0.743. The van der Waals surface area contributed by atoms with Crippen molar-refractivity contribution >= 4 is 34.0 Å². The molecule has 1 aromatic heterocycles. The predicted octanol–water partition coefficient (Wildman–Crippen LogP) is 6.35. The van der Waals surface area contributed by atoms with E-state index in [1.165, 1.54) is 16.9 Å². The minimum absolute atomic E-state index is 0.0996. The van der Waals surface area contributed by atoms with E-state index in [1.807, 2.05) is 53.9 Å². The molecule has 0 radical (unpaired) electrons. The molecule has 1 heterocycles. The van der Waals surface area contributed by atoms with Gasteiger partial charge in [0.05, 0.1) is 5.69 Å². The molecule has 0 fully saturated rings. The van der Waals surface area contributed by atoms with Crippen molar-refractivity contribution in [2.45, 2.75) is 6.42 Å². The number of carbonyl (C=O) groups excluding carboxylic acids is 1. The summed E-state index contributed by atoms with van der Waals surface area (Å²) < 4.78 is 0. The summed E-state index contributed by atoms with van der Waals surface area (Å²) >= 11 is 7.59. The van der Waals surface area contributed by atoms with E-state index in [-0.39, 0.29) is 5.91 Å². The van der Waals surface area contributed by atoms with Gasteiger partial charge in [0.25, 0.3) is 5.91 Å². The lowest BCUT2D eigenvalue weighted by atomic mass is 10.1. The molecule has 0 aliphatic heterocycles. The SMILES string of the molecule is O=C(c1cccc(Cl)c1)N(CCc1ccccc1)c1nc(-c2ccccc2)cs1. The first-order chi connectivity index (χ1) is 14.2. The molecule has 0 spiro atoms. The Morgan fingerprint density at radius 1 is 0.931 bits per heavy atom. The van der Waals surface area contributed by atoms with Crippen molar-refractivity contribution < 1.29 is 4.79 Å². The zero-order valence-electron chi connectivity index (χ0n) is 15.7. The Balaban J connectivity index is 1.64. The van der Waals surface area contributed by atoms with Crippen molar-refractivity contribution in [1.29, 1.82) is 0 Å². The van der Waals surface area contributed by atoms with Gasteiger partial charge in [-0.3, -0.25) is 9.69 Å². The first kappa shape index (κ1) is 19.4. The van der Waals surface area contributed by atoms with Crippen molar-refractivity contribution in [2.75, 3.05) is 11.4 Å². The van der Waals surface area contributed by atoms with E-state index < -0.39 is 0 Å². The Morgan fingerprint density at radius 3 is 2.38 bits per heavy atom. The average Bonchev–Trinajstić information content (AvgIpc) is 3.25. The molecule has 5 heteroatoms. The molecular formula is C24H19ClN2OS. The highest BCUT2D eigenvalue weighted by Crippen LogP contribution is 2.29. The fourth-order valence-electron chi connectivity index (χ4n) is 3.08. The van der Waals surface area contributed by atoms with Crippen LogP contribution in [0.1, 0.15) is 15.9 Å². The Labute approximate surface area is 179 Å². The normalized spacial score (nSPS) is 10.7. The topological polar surface area (TPSA) is 33.2 Å². The summed E-state index contributed by atoms with van der Waals surface area (Å²) in [7, 11) is 0. The molecule has 3 aromatic carbocycles. The highest BCUT2D eigenvalue weighted by Gasteiger charge is 2.21. The molecule has 144 valence electrons. The number of halogens is 1. The van der Waals surface area contributed by atoms with Crippen LogP contribution in [-0.4, -0.2) is 17.4 Å². The van der Waals surface area contributed by atoms with Gasteiger partial charge in [0.15, 0.2) is 5.13 Å². The van der Waals surface area contributed by atoms with E-state index in [0.717, 1.165) is 17.7 Å². The number of anilines is 1. The summed E-state index contributed by atoms with van der Waals surface area (Å²) in [4.78, 5) is 19.8. The van der Waals surface area contributed by atoms with Gasteiger partial charge in [-0.25, -0.2) is 4.98 Å². The molecule has 0 aliphatic carbocycles. The molecule has 0 unspecified atom stereocenters. The summed E-state index contributed by atoms with van der Waals surface area (Å²) in [5.74, 6) is -0.0996. The first-order valence-electron chi connectivity index (χ1n) is 9.33.